The van der Waals surface area contributed by atoms with Gasteiger partial charge in [0.1, 0.15) is 0 Å². The van der Waals surface area contributed by atoms with E-state index in [1.165, 1.54) is 0 Å². The average molecular weight is 288 g/mol. The fourth-order valence-electron chi connectivity index (χ4n) is 2.26. The molecule has 1 amide bonds. The van der Waals surface area contributed by atoms with E-state index >= 15 is 0 Å². The van der Waals surface area contributed by atoms with E-state index < -0.39 is 24.2 Å². The van der Waals surface area contributed by atoms with Crippen LogP contribution >= 0.6 is 11.6 Å². The molecule has 102 valence electrons. The number of carbonyl (C=O) groups is 2. The molecule has 1 aromatic rings. The number of hydrogen-bond acceptors (Lipinski definition) is 2. The van der Waals surface area contributed by atoms with Crippen molar-refractivity contribution in [1.82, 2.24) is 4.90 Å². The Bertz CT molecular complexity index is 507. The van der Waals surface area contributed by atoms with Gasteiger partial charge in [-0.2, -0.15) is 8.78 Å². The first-order valence-corrected chi connectivity index (χ1v) is 6.32. The molecule has 2 rings (SSSR count). The summed E-state index contributed by atoms with van der Waals surface area (Å²) in [6.07, 6.45) is -2.88. The van der Waals surface area contributed by atoms with Crippen molar-refractivity contribution in [2.24, 2.45) is 0 Å². The molecule has 3 nitrogen and oxygen atoms in total. The number of alkyl halides is 3. The molecule has 1 heterocycles. The zero-order valence-corrected chi connectivity index (χ0v) is 10.7. The first kappa shape index (κ1) is 13.9. The second-order valence-corrected chi connectivity index (χ2v) is 4.62. The highest BCUT2D eigenvalue weighted by atomic mass is 35.5. The standard InChI is InChI=1S/C13H12ClF2NO2/c14-6-11(18)10-5-8-3-1-2-4-9(8)7-17(10)13(19)12(15)16/h1-4,10,12H,5-7H2. The molecule has 6 heteroatoms. The van der Waals surface area contributed by atoms with E-state index in [-0.39, 0.29) is 18.8 Å². The number of rotatable bonds is 3. The van der Waals surface area contributed by atoms with Gasteiger partial charge in [-0.1, -0.05) is 24.3 Å². The van der Waals surface area contributed by atoms with Crippen molar-refractivity contribution in [3.8, 4) is 0 Å². The summed E-state index contributed by atoms with van der Waals surface area (Å²) in [5.41, 5.74) is 1.68. The van der Waals surface area contributed by atoms with Crippen LogP contribution in [0.3, 0.4) is 0 Å². The van der Waals surface area contributed by atoms with Crippen LogP contribution in [0.4, 0.5) is 8.78 Å². The molecule has 1 aliphatic heterocycles. The molecule has 1 unspecified atom stereocenters. The lowest BCUT2D eigenvalue weighted by Crippen LogP contribution is -2.51. The summed E-state index contributed by atoms with van der Waals surface area (Å²) in [6.45, 7) is 0.0205. The van der Waals surface area contributed by atoms with Crippen LogP contribution in [0.15, 0.2) is 24.3 Å². The smallest absolute Gasteiger partial charge is 0.315 e. The van der Waals surface area contributed by atoms with Crippen molar-refractivity contribution in [3.05, 3.63) is 35.4 Å². The molecular formula is C13H12ClF2NO2. The average Bonchev–Trinajstić information content (AvgIpc) is 2.44. The summed E-state index contributed by atoms with van der Waals surface area (Å²) >= 11 is 5.49. The van der Waals surface area contributed by atoms with E-state index in [1.54, 1.807) is 12.1 Å². The lowest BCUT2D eigenvalue weighted by Gasteiger charge is -2.35. The van der Waals surface area contributed by atoms with Crippen molar-refractivity contribution in [2.45, 2.75) is 25.4 Å². The van der Waals surface area contributed by atoms with Gasteiger partial charge in [0.15, 0.2) is 5.78 Å². The fourth-order valence-corrected chi connectivity index (χ4v) is 2.43. The fraction of sp³-hybridized carbons (Fsp3) is 0.385. The number of nitrogens with zero attached hydrogens (tertiary/aromatic N) is 1. The van der Waals surface area contributed by atoms with Gasteiger partial charge in [-0.15, -0.1) is 11.6 Å². The Balaban J connectivity index is 2.34. The molecule has 1 atom stereocenters. The highest BCUT2D eigenvalue weighted by Gasteiger charge is 2.36. The molecule has 0 spiro atoms. The van der Waals surface area contributed by atoms with Gasteiger partial charge < -0.3 is 4.90 Å². The van der Waals surface area contributed by atoms with E-state index in [1.807, 2.05) is 12.1 Å². The molecule has 0 radical (unpaired) electrons. The van der Waals surface area contributed by atoms with E-state index in [4.69, 9.17) is 11.6 Å². The van der Waals surface area contributed by atoms with Gasteiger partial charge in [0.2, 0.25) is 0 Å². The SMILES string of the molecule is O=C(CCl)C1Cc2ccccc2CN1C(=O)C(F)F. The molecule has 1 aromatic carbocycles. The lowest BCUT2D eigenvalue weighted by atomic mass is 9.92. The Morgan fingerprint density at radius 3 is 2.53 bits per heavy atom. The van der Waals surface area contributed by atoms with E-state index in [0.29, 0.717) is 0 Å². The molecule has 19 heavy (non-hydrogen) atoms. The van der Waals surface area contributed by atoms with Gasteiger partial charge >= 0.3 is 6.43 Å². The number of Topliss-reactive ketones (excluding diaryl/α,β-unsaturated/α-hetero) is 1. The van der Waals surface area contributed by atoms with Crippen molar-refractivity contribution in [3.63, 3.8) is 0 Å². The Kier molecular flexibility index (Phi) is 4.14. The van der Waals surface area contributed by atoms with Gasteiger partial charge in [-0.25, -0.2) is 0 Å². The molecule has 0 saturated heterocycles. The Morgan fingerprint density at radius 1 is 1.32 bits per heavy atom. The Morgan fingerprint density at radius 2 is 1.95 bits per heavy atom. The zero-order valence-electron chi connectivity index (χ0n) is 9.98. The Labute approximate surface area is 114 Å². The maximum absolute atomic E-state index is 12.6. The number of halogens is 3. The van der Waals surface area contributed by atoms with Crippen LogP contribution in [-0.2, 0) is 22.6 Å². The number of ketones is 1. The van der Waals surface area contributed by atoms with Gasteiger partial charge in [-0.3, -0.25) is 9.59 Å². The second kappa shape index (κ2) is 5.65. The van der Waals surface area contributed by atoms with Gasteiger partial charge in [-0.05, 0) is 11.1 Å². The van der Waals surface area contributed by atoms with E-state index in [0.717, 1.165) is 16.0 Å². The first-order chi connectivity index (χ1) is 9.04. The summed E-state index contributed by atoms with van der Waals surface area (Å²) in [7, 11) is 0. The third-order valence-electron chi connectivity index (χ3n) is 3.22. The maximum atomic E-state index is 12.6. The van der Waals surface area contributed by atoms with Crippen LogP contribution in [-0.4, -0.2) is 34.9 Å². The number of hydrogen-bond donors (Lipinski definition) is 0. The molecular weight excluding hydrogens is 276 g/mol. The minimum absolute atomic E-state index is 0.0205. The van der Waals surface area contributed by atoms with Crippen LogP contribution in [0.5, 0.6) is 0 Å². The quantitative estimate of drug-likeness (QED) is 0.798. The van der Waals surface area contributed by atoms with Crippen molar-refractivity contribution in [1.29, 1.82) is 0 Å². The summed E-state index contributed by atoms with van der Waals surface area (Å²) in [6, 6.07) is 6.28. The summed E-state index contributed by atoms with van der Waals surface area (Å²) in [4.78, 5) is 24.2. The summed E-state index contributed by atoms with van der Waals surface area (Å²) in [5, 5.41) is 0. The molecule has 0 aliphatic carbocycles. The van der Waals surface area contributed by atoms with Crippen LogP contribution < -0.4 is 0 Å². The first-order valence-electron chi connectivity index (χ1n) is 5.78. The van der Waals surface area contributed by atoms with Crippen molar-refractivity contribution >= 4 is 23.3 Å². The minimum atomic E-state index is -3.11. The topological polar surface area (TPSA) is 37.4 Å². The number of carbonyl (C=O) groups excluding carboxylic acids is 2. The van der Waals surface area contributed by atoms with Crippen molar-refractivity contribution in [2.75, 3.05) is 5.88 Å². The predicted molar refractivity (Wildman–Crippen MR) is 66.2 cm³/mol. The third-order valence-corrected chi connectivity index (χ3v) is 3.49. The maximum Gasteiger partial charge on any atom is 0.315 e. The third kappa shape index (κ3) is 2.76. The van der Waals surface area contributed by atoms with Gasteiger partial charge in [0.25, 0.3) is 5.91 Å². The predicted octanol–water partition coefficient (Wildman–Crippen LogP) is 2.01. The highest BCUT2D eigenvalue weighted by Crippen LogP contribution is 2.25. The number of fused-ring (bicyclic) bond motifs is 1. The van der Waals surface area contributed by atoms with Crippen LogP contribution in [0.25, 0.3) is 0 Å². The van der Waals surface area contributed by atoms with Gasteiger partial charge in [0.05, 0.1) is 11.9 Å². The van der Waals surface area contributed by atoms with E-state index in [2.05, 4.69) is 0 Å². The molecule has 0 fully saturated rings. The van der Waals surface area contributed by atoms with Gasteiger partial charge in [0, 0.05) is 13.0 Å². The molecule has 0 saturated carbocycles. The minimum Gasteiger partial charge on any atom is -0.323 e. The molecule has 0 N–H and O–H groups in total. The van der Waals surface area contributed by atoms with Crippen LogP contribution in [0.1, 0.15) is 11.1 Å². The zero-order chi connectivity index (χ0) is 14.0. The number of amides is 1. The molecule has 0 bridgehead atoms. The normalized spacial score (nSPS) is 18.3. The molecule has 0 aromatic heterocycles. The van der Waals surface area contributed by atoms with E-state index in [9.17, 15) is 18.4 Å². The number of benzene rings is 1. The largest absolute Gasteiger partial charge is 0.323 e. The second-order valence-electron chi connectivity index (χ2n) is 4.36. The summed E-state index contributed by atoms with van der Waals surface area (Å²) in [5.74, 6) is -2.03. The van der Waals surface area contributed by atoms with Crippen molar-refractivity contribution < 1.29 is 18.4 Å². The summed E-state index contributed by atoms with van der Waals surface area (Å²) < 4.78 is 25.2. The van der Waals surface area contributed by atoms with Crippen LogP contribution in [0.2, 0.25) is 0 Å². The lowest BCUT2D eigenvalue weighted by molar-refractivity contribution is -0.149. The highest BCUT2D eigenvalue weighted by molar-refractivity contribution is 6.28. The molecule has 1 aliphatic rings. The van der Waals surface area contributed by atoms with Crippen LogP contribution in [0, 0.1) is 0 Å². The monoisotopic (exact) mass is 287 g/mol. The Hall–Kier alpha value is -1.49.